The van der Waals surface area contributed by atoms with Gasteiger partial charge < -0.3 is 34.3 Å². The SMILES string of the molecule is COc1cc(C2OC[C@]3(O)C(c4ccc(O)c(OC)c4)OC[C@H]23)ccc1O. The number of rotatable bonds is 4. The normalized spacial score (nSPS) is 29.5. The van der Waals surface area contributed by atoms with E-state index in [0.29, 0.717) is 23.7 Å². The Kier molecular flexibility index (Phi) is 4.38. The third-order valence-corrected chi connectivity index (χ3v) is 5.44. The van der Waals surface area contributed by atoms with Crippen LogP contribution in [0.25, 0.3) is 0 Å². The minimum absolute atomic E-state index is 0.0273. The summed E-state index contributed by atoms with van der Waals surface area (Å²) in [7, 11) is 2.95. The van der Waals surface area contributed by atoms with E-state index in [1.165, 1.54) is 20.3 Å². The Labute approximate surface area is 156 Å². The van der Waals surface area contributed by atoms with Crippen molar-refractivity contribution in [1.29, 1.82) is 0 Å². The maximum absolute atomic E-state index is 11.4. The molecule has 27 heavy (non-hydrogen) atoms. The van der Waals surface area contributed by atoms with Crippen molar-refractivity contribution in [2.75, 3.05) is 27.4 Å². The molecule has 2 aromatic rings. The zero-order valence-electron chi connectivity index (χ0n) is 15.1. The molecule has 2 aliphatic heterocycles. The Morgan fingerprint density at radius 1 is 0.926 bits per heavy atom. The van der Waals surface area contributed by atoms with Crippen molar-refractivity contribution in [3.8, 4) is 23.0 Å². The second-order valence-electron chi connectivity index (χ2n) is 6.91. The molecule has 0 saturated carbocycles. The summed E-state index contributed by atoms with van der Waals surface area (Å²) in [5, 5.41) is 31.0. The molecule has 7 nitrogen and oxygen atoms in total. The second-order valence-corrected chi connectivity index (χ2v) is 6.91. The summed E-state index contributed by atoms with van der Waals surface area (Å²) in [6, 6.07) is 9.91. The van der Waals surface area contributed by atoms with Gasteiger partial charge in [0.15, 0.2) is 23.0 Å². The molecule has 144 valence electrons. The first-order valence-electron chi connectivity index (χ1n) is 8.67. The summed E-state index contributed by atoms with van der Waals surface area (Å²) >= 11 is 0. The molecule has 2 saturated heterocycles. The van der Waals surface area contributed by atoms with Gasteiger partial charge in [0, 0.05) is 5.92 Å². The Hall–Kier alpha value is -2.48. The van der Waals surface area contributed by atoms with E-state index in [0.717, 1.165) is 5.56 Å². The molecular formula is C20H22O7. The first-order valence-corrected chi connectivity index (χ1v) is 8.67. The third-order valence-electron chi connectivity index (χ3n) is 5.44. The zero-order chi connectivity index (χ0) is 19.2. The summed E-state index contributed by atoms with van der Waals surface area (Å²) in [5.74, 6) is 0.467. The van der Waals surface area contributed by atoms with Crippen LogP contribution < -0.4 is 9.47 Å². The van der Waals surface area contributed by atoms with Crippen molar-refractivity contribution in [3.05, 3.63) is 47.5 Å². The van der Waals surface area contributed by atoms with Crippen LogP contribution in [0.3, 0.4) is 0 Å². The molecule has 0 bridgehead atoms. The molecule has 2 unspecified atom stereocenters. The van der Waals surface area contributed by atoms with Crippen LogP contribution in [0.4, 0.5) is 0 Å². The summed E-state index contributed by atoms with van der Waals surface area (Å²) in [4.78, 5) is 0. The van der Waals surface area contributed by atoms with Crippen molar-refractivity contribution in [1.82, 2.24) is 0 Å². The van der Waals surface area contributed by atoms with Gasteiger partial charge in [0.2, 0.25) is 0 Å². The first-order chi connectivity index (χ1) is 13.0. The number of hydrogen-bond acceptors (Lipinski definition) is 7. The quantitative estimate of drug-likeness (QED) is 0.755. The number of benzene rings is 2. The Morgan fingerprint density at radius 3 is 2.15 bits per heavy atom. The Bertz CT molecular complexity index is 852. The van der Waals surface area contributed by atoms with Crippen molar-refractivity contribution >= 4 is 0 Å². The van der Waals surface area contributed by atoms with E-state index in [-0.39, 0.29) is 30.1 Å². The lowest BCUT2D eigenvalue weighted by Crippen LogP contribution is -2.39. The number of aromatic hydroxyl groups is 2. The average molecular weight is 374 g/mol. The second kappa shape index (κ2) is 6.60. The van der Waals surface area contributed by atoms with E-state index in [1.54, 1.807) is 30.3 Å². The molecule has 0 aliphatic carbocycles. The predicted molar refractivity (Wildman–Crippen MR) is 95.1 cm³/mol. The monoisotopic (exact) mass is 374 g/mol. The summed E-state index contributed by atoms with van der Waals surface area (Å²) in [6.45, 7) is 0.428. The molecule has 2 fully saturated rings. The summed E-state index contributed by atoms with van der Waals surface area (Å²) < 4.78 is 22.2. The number of phenolic OH excluding ortho intramolecular Hbond substituents is 2. The fraction of sp³-hybridized carbons (Fsp3) is 0.400. The summed E-state index contributed by atoms with van der Waals surface area (Å²) in [5.41, 5.74) is 0.304. The highest BCUT2D eigenvalue weighted by molar-refractivity contribution is 5.45. The lowest BCUT2D eigenvalue weighted by molar-refractivity contribution is -0.0628. The van der Waals surface area contributed by atoms with E-state index in [4.69, 9.17) is 18.9 Å². The van der Waals surface area contributed by atoms with Gasteiger partial charge in [-0.05, 0) is 35.4 Å². The molecule has 4 rings (SSSR count). The molecular weight excluding hydrogens is 352 g/mol. The lowest BCUT2D eigenvalue weighted by atomic mass is 9.81. The van der Waals surface area contributed by atoms with Gasteiger partial charge in [0.05, 0.1) is 33.5 Å². The van der Waals surface area contributed by atoms with Crippen LogP contribution in [0.1, 0.15) is 23.3 Å². The molecule has 2 aliphatic rings. The fourth-order valence-corrected chi connectivity index (χ4v) is 4.00. The highest BCUT2D eigenvalue weighted by atomic mass is 16.6. The predicted octanol–water partition coefficient (Wildman–Crippen LogP) is 2.31. The van der Waals surface area contributed by atoms with Gasteiger partial charge in [-0.2, -0.15) is 0 Å². The molecule has 0 amide bonds. The number of phenols is 2. The van der Waals surface area contributed by atoms with Crippen LogP contribution in [0.2, 0.25) is 0 Å². The molecule has 2 heterocycles. The Balaban J connectivity index is 1.64. The van der Waals surface area contributed by atoms with E-state index in [2.05, 4.69) is 0 Å². The number of hydrogen-bond donors (Lipinski definition) is 3. The van der Waals surface area contributed by atoms with Crippen molar-refractivity contribution < 1.29 is 34.3 Å². The van der Waals surface area contributed by atoms with Crippen LogP contribution in [-0.4, -0.2) is 48.4 Å². The fourth-order valence-electron chi connectivity index (χ4n) is 4.00. The van der Waals surface area contributed by atoms with Crippen molar-refractivity contribution in [2.24, 2.45) is 5.92 Å². The van der Waals surface area contributed by atoms with E-state index in [1.807, 2.05) is 0 Å². The van der Waals surface area contributed by atoms with Gasteiger partial charge in [-0.1, -0.05) is 12.1 Å². The molecule has 0 radical (unpaired) electrons. The maximum Gasteiger partial charge on any atom is 0.160 e. The highest BCUT2D eigenvalue weighted by Crippen LogP contribution is 2.54. The van der Waals surface area contributed by atoms with Crippen molar-refractivity contribution in [2.45, 2.75) is 17.8 Å². The van der Waals surface area contributed by atoms with Crippen LogP contribution in [0, 0.1) is 5.92 Å². The highest BCUT2D eigenvalue weighted by Gasteiger charge is 2.59. The Morgan fingerprint density at radius 2 is 1.52 bits per heavy atom. The first kappa shape index (κ1) is 17.9. The van der Waals surface area contributed by atoms with E-state index >= 15 is 0 Å². The van der Waals surface area contributed by atoms with Gasteiger partial charge in [0.25, 0.3) is 0 Å². The van der Waals surface area contributed by atoms with Gasteiger partial charge in [-0.15, -0.1) is 0 Å². The van der Waals surface area contributed by atoms with Gasteiger partial charge in [-0.3, -0.25) is 0 Å². The minimum Gasteiger partial charge on any atom is -0.504 e. The number of fused-ring (bicyclic) bond motifs is 1. The molecule has 2 aromatic carbocycles. The van der Waals surface area contributed by atoms with Crippen LogP contribution in [-0.2, 0) is 9.47 Å². The smallest absolute Gasteiger partial charge is 0.160 e. The topological polar surface area (TPSA) is 97.6 Å². The number of ether oxygens (including phenoxy) is 4. The number of aliphatic hydroxyl groups is 1. The van der Waals surface area contributed by atoms with E-state index in [9.17, 15) is 15.3 Å². The largest absolute Gasteiger partial charge is 0.504 e. The molecule has 4 atom stereocenters. The zero-order valence-corrected chi connectivity index (χ0v) is 15.1. The van der Waals surface area contributed by atoms with Crippen LogP contribution in [0.5, 0.6) is 23.0 Å². The number of methoxy groups -OCH3 is 2. The minimum atomic E-state index is -1.21. The molecule has 0 aromatic heterocycles. The summed E-state index contributed by atoms with van der Waals surface area (Å²) in [6.07, 6.45) is -0.977. The van der Waals surface area contributed by atoms with Gasteiger partial charge in [-0.25, -0.2) is 0 Å². The van der Waals surface area contributed by atoms with Gasteiger partial charge >= 0.3 is 0 Å². The van der Waals surface area contributed by atoms with Crippen LogP contribution >= 0.6 is 0 Å². The lowest BCUT2D eigenvalue weighted by Gasteiger charge is -2.27. The van der Waals surface area contributed by atoms with Crippen molar-refractivity contribution in [3.63, 3.8) is 0 Å². The standard InChI is InChI=1S/C20H22O7/c1-24-16-7-11(3-5-14(16)21)18-13-9-26-19(20(13,23)10-27-18)12-4-6-15(22)17(8-12)25-2/h3-8,13,18-19,21-23H,9-10H2,1-2H3/t13-,18?,19?,20-/m1/s1. The van der Waals surface area contributed by atoms with Crippen LogP contribution in [0.15, 0.2) is 36.4 Å². The third kappa shape index (κ3) is 2.79. The average Bonchev–Trinajstić information content (AvgIpc) is 3.17. The molecule has 0 spiro atoms. The van der Waals surface area contributed by atoms with Gasteiger partial charge in [0.1, 0.15) is 11.7 Å². The maximum atomic E-state index is 11.4. The molecule has 3 N–H and O–H groups in total. The molecule has 7 heteroatoms. The van der Waals surface area contributed by atoms with E-state index < -0.39 is 11.7 Å².